The van der Waals surface area contributed by atoms with Gasteiger partial charge in [-0.1, -0.05) is 55.5 Å². The fraction of sp³-hybridized carbons (Fsp3) is 0.235. The van der Waals surface area contributed by atoms with Crippen LogP contribution in [-0.4, -0.2) is 14.2 Å². The summed E-state index contributed by atoms with van der Waals surface area (Å²) in [6.45, 7) is 3.94. The Balaban J connectivity index is 2.07. The van der Waals surface area contributed by atoms with Crippen molar-refractivity contribution in [3.8, 4) is 0 Å². The van der Waals surface area contributed by atoms with Crippen LogP contribution in [0.3, 0.4) is 0 Å². The van der Waals surface area contributed by atoms with Crippen LogP contribution in [0.1, 0.15) is 24.3 Å². The fourth-order valence-corrected chi connectivity index (χ4v) is 3.65. The first-order valence-corrected chi connectivity index (χ1v) is 8.40. The molecule has 0 aliphatic carbocycles. The lowest BCUT2D eigenvalue weighted by Crippen LogP contribution is -2.10. The number of benzene rings is 2. The van der Waals surface area contributed by atoms with Crippen molar-refractivity contribution in [1.29, 1.82) is 0 Å². The zero-order chi connectivity index (χ0) is 14.4. The van der Waals surface area contributed by atoms with E-state index in [1.165, 1.54) is 0 Å². The second-order valence-corrected chi connectivity index (χ2v) is 6.93. The van der Waals surface area contributed by atoms with E-state index in [0.29, 0.717) is 17.7 Å². The Morgan fingerprint density at radius 1 is 0.900 bits per heavy atom. The van der Waals surface area contributed by atoms with Gasteiger partial charge in [-0.25, -0.2) is 8.42 Å². The van der Waals surface area contributed by atoms with Gasteiger partial charge in [-0.3, -0.25) is 0 Å². The molecule has 2 aromatic rings. The Labute approximate surface area is 121 Å². The van der Waals surface area contributed by atoms with Gasteiger partial charge < -0.3 is 0 Å². The van der Waals surface area contributed by atoms with E-state index in [9.17, 15) is 8.42 Å². The molecule has 0 bridgehead atoms. The summed E-state index contributed by atoms with van der Waals surface area (Å²) in [5, 5.41) is 0. The molecule has 0 aromatic heterocycles. The molecule has 0 saturated heterocycles. The molecule has 1 atom stereocenters. The minimum absolute atomic E-state index is 0.159. The van der Waals surface area contributed by atoms with Crippen LogP contribution in [0.5, 0.6) is 0 Å². The molecule has 0 amide bonds. The topological polar surface area (TPSA) is 34.1 Å². The van der Waals surface area contributed by atoms with Gasteiger partial charge in [-0.15, -0.1) is 0 Å². The van der Waals surface area contributed by atoms with Gasteiger partial charge in [-0.2, -0.15) is 0 Å². The van der Waals surface area contributed by atoms with Gasteiger partial charge in [0.1, 0.15) is 0 Å². The number of hydrogen-bond acceptors (Lipinski definition) is 2. The molecule has 20 heavy (non-hydrogen) atoms. The minimum Gasteiger partial charge on any atom is -0.224 e. The van der Waals surface area contributed by atoms with Crippen LogP contribution in [-0.2, 0) is 9.84 Å². The molecule has 0 saturated carbocycles. The summed E-state index contributed by atoms with van der Waals surface area (Å²) in [6.07, 6.45) is 1.30. The van der Waals surface area contributed by atoms with Crippen LogP contribution in [0.2, 0.25) is 0 Å². The lowest BCUT2D eigenvalue weighted by atomic mass is 9.94. The minimum atomic E-state index is -3.20. The summed E-state index contributed by atoms with van der Waals surface area (Å²) in [4.78, 5) is 0.399. The van der Waals surface area contributed by atoms with Crippen molar-refractivity contribution in [3.63, 3.8) is 0 Å². The first kappa shape index (κ1) is 14.8. The monoisotopic (exact) mass is 287 g/mol. The van der Waals surface area contributed by atoms with Crippen molar-refractivity contribution in [2.75, 3.05) is 5.75 Å². The van der Waals surface area contributed by atoms with Crippen LogP contribution in [0.15, 0.2) is 65.6 Å². The third kappa shape index (κ3) is 3.70. The van der Waals surface area contributed by atoms with Crippen molar-refractivity contribution >= 4 is 9.84 Å². The molecule has 0 heterocycles. The quantitative estimate of drug-likeness (QED) is 0.808. The van der Waals surface area contributed by atoms with Gasteiger partial charge in [0.25, 0.3) is 0 Å². The van der Waals surface area contributed by atoms with E-state index in [1.54, 1.807) is 24.3 Å². The smallest absolute Gasteiger partial charge is 0.178 e. The highest BCUT2D eigenvalue weighted by atomic mass is 32.2. The second kappa shape index (κ2) is 6.71. The Hall–Kier alpha value is -1.61. The van der Waals surface area contributed by atoms with Gasteiger partial charge in [0, 0.05) is 0 Å². The van der Waals surface area contributed by atoms with E-state index in [0.717, 1.165) is 5.56 Å². The molecule has 105 valence electrons. The van der Waals surface area contributed by atoms with E-state index in [4.69, 9.17) is 0 Å². The zero-order valence-corrected chi connectivity index (χ0v) is 12.2. The SMILES string of the molecule is [CH2]CC(CCS(=O)(=O)c1ccccc1)c1ccccc1. The molecule has 2 rings (SSSR count). The van der Waals surface area contributed by atoms with Crippen LogP contribution >= 0.6 is 0 Å². The summed E-state index contributed by atoms with van der Waals surface area (Å²) in [5.41, 5.74) is 1.16. The Kier molecular flexibility index (Phi) is 4.96. The molecule has 1 radical (unpaired) electrons. The van der Waals surface area contributed by atoms with Gasteiger partial charge in [0.05, 0.1) is 10.6 Å². The van der Waals surface area contributed by atoms with Gasteiger partial charge in [0.2, 0.25) is 0 Å². The van der Waals surface area contributed by atoms with Crippen molar-refractivity contribution in [3.05, 3.63) is 73.2 Å². The third-order valence-electron chi connectivity index (χ3n) is 3.46. The summed E-state index contributed by atoms with van der Waals surface area (Å²) in [6, 6.07) is 18.6. The highest BCUT2D eigenvalue weighted by molar-refractivity contribution is 7.91. The number of sulfone groups is 1. The second-order valence-electron chi connectivity index (χ2n) is 4.82. The summed E-state index contributed by atoms with van der Waals surface area (Å²) in [5.74, 6) is 0.348. The van der Waals surface area contributed by atoms with Crippen molar-refractivity contribution < 1.29 is 8.42 Å². The standard InChI is InChI=1S/C17H19O2S/c1-2-15(16-9-5-3-6-10-16)13-14-20(18,19)17-11-7-4-8-12-17/h3-12,15H,1-2,13-14H2. The maximum Gasteiger partial charge on any atom is 0.178 e. The Bertz CT molecular complexity index is 619. The fourth-order valence-electron chi connectivity index (χ4n) is 2.25. The summed E-state index contributed by atoms with van der Waals surface area (Å²) in [7, 11) is -3.20. The molecule has 0 N–H and O–H groups in total. The summed E-state index contributed by atoms with van der Waals surface area (Å²) < 4.78 is 24.5. The average Bonchev–Trinajstić information content (AvgIpc) is 2.50. The number of hydrogen-bond donors (Lipinski definition) is 0. The number of rotatable bonds is 6. The molecule has 1 unspecified atom stereocenters. The van der Waals surface area contributed by atoms with Crippen molar-refractivity contribution in [1.82, 2.24) is 0 Å². The van der Waals surface area contributed by atoms with E-state index >= 15 is 0 Å². The van der Waals surface area contributed by atoms with E-state index < -0.39 is 9.84 Å². The van der Waals surface area contributed by atoms with Crippen LogP contribution in [0.25, 0.3) is 0 Å². The molecule has 3 heteroatoms. The Morgan fingerprint density at radius 3 is 2.00 bits per heavy atom. The van der Waals surface area contributed by atoms with E-state index in [-0.39, 0.29) is 11.7 Å². The average molecular weight is 287 g/mol. The maximum absolute atomic E-state index is 12.3. The Morgan fingerprint density at radius 2 is 1.45 bits per heavy atom. The van der Waals surface area contributed by atoms with Gasteiger partial charge >= 0.3 is 0 Å². The largest absolute Gasteiger partial charge is 0.224 e. The molecular formula is C17H19O2S. The third-order valence-corrected chi connectivity index (χ3v) is 5.22. The normalized spacial score (nSPS) is 13.1. The first-order valence-electron chi connectivity index (χ1n) is 6.75. The predicted octanol–water partition coefficient (Wildman–Crippen LogP) is 3.86. The van der Waals surface area contributed by atoms with Gasteiger partial charge in [-0.05, 0) is 36.5 Å². The molecule has 0 aliphatic heterocycles. The van der Waals surface area contributed by atoms with Crippen LogP contribution < -0.4 is 0 Å². The highest BCUT2D eigenvalue weighted by Crippen LogP contribution is 2.24. The summed E-state index contributed by atoms with van der Waals surface area (Å²) >= 11 is 0. The molecule has 2 nitrogen and oxygen atoms in total. The van der Waals surface area contributed by atoms with Crippen LogP contribution in [0.4, 0.5) is 0 Å². The van der Waals surface area contributed by atoms with Gasteiger partial charge in [0.15, 0.2) is 9.84 Å². The molecule has 2 aromatic carbocycles. The van der Waals surface area contributed by atoms with E-state index in [1.807, 2.05) is 36.4 Å². The maximum atomic E-state index is 12.3. The zero-order valence-electron chi connectivity index (χ0n) is 11.4. The lowest BCUT2D eigenvalue weighted by Gasteiger charge is -2.15. The first-order chi connectivity index (χ1) is 9.63. The van der Waals surface area contributed by atoms with Crippen LogP contribution in [0, 0.1) is 6.92 Å². The van der Waals surface area contributed by atoms with Crippen molar-refractivity contribution in [2.45, 2.75) is 23.7 Å². The molecule has 0 fully saturated rings. The lowest BCUT2D eigenvalue weighted by molar-refractivity contribution is 0.584. The highest BCUT2D eigenvalue weighted by Gasteiger charge is 2.17. The predicted molar refractivity (Wildman–Crippen MR) is 82.3 cm³/mol. The molecule has 0 aliphatic rings. The molecule has 0 spiro atoms. The van der Waals surface area contributed by atoms with E-state index in [2.05, 4.69) is 6.92 Å². The van der Waals surface area contributed by atoms with Crippen molar-refractivity contribution in [2.24, 2.45) is 0 Å². The molecular weight excluding hydrogens is 268 g/mol.